The molecule has 0 spiro atoms. The van der Waals surface area contributed by atoms with Crippen LogP contribution in [0.5, 0.6) is 0 Å². The van der Waals surface area contributed by atoms with Crippen molar-refractivity contribution in [1.29, 1.82) is 0 Å². The molecule has 16 rings (SSSR count). The summed E-state index contributed by atoms with van der Waals surface area (Å²) in [5.74, 6) is 5.23. The van der Waals surface area contributed by atoms with E-state index >= 15 is 0 Å². The van der Waals surface area contributed by atoms with Crippen molar-refractivity contribution in [3.8, 4) is 0 Å². The van der Waals surface area contributed by atoms with Crippen molar-refractivity contribution in [3.63, 3.8) is 0 Å². The Morgan fingerprint density at radius 2 is 0.409 bits per heavy atom. The van der Waals surface area contributed by atoms with Gasteiger partial charge in [0.05, 0.1) is 0 Å². The van der Waals surface area contributed by atoms with Crippen molar-refractivity contribution in [1.82, 2.24) is 0 Å². The zero-order valence-corrected chi connectivity index (χ0v) is 106. The van der Waals surface area contributed by atoms with Crippen molar-refractivity contribution in [3.05, 3.63) is 408 Å². The number of hydrogen-bond donors (Lipinski definition) is 0. The Kier molecular flexibility index (Phi) is 78.7. The molecule has 0 saturated carbocycles. The number of fused-ring (bicyclic) bond motifs is 12. The standard InChI is InChI=1S/C20H24.C19H22.C18H20.C15H14.4C10H16.14CH3.2ClH.3Hf.Ti/c1-3-4-5-6-10-17-14-15(2)18-13-12-16-9-7-8-11-19(16)20(17)18;1-3-4-5-9-16-13-14(2)17-12-11-15-8-6-7-10-18(15)19(16)17;1-3-4-7-15-12-13(2)16-11-10-14-8-5-6-9-17(14)18(15)16;1-10-9-11(2)15-13(10)8-7-12-5-3-4-6-14(12)15;4*1-6-7(2)9(4)10(5)8(6)3;;;;;;;;;;;;;;;;;;;;/h7-9,11-14,17H,3-6,10H2,1-2H3;6-8,10-13,16H,3-5,9H2,1-2H3;5-6,8-12,15H,3-4,7H2,1-2H3;3-9,11H,1-2H3;4*6H,1-5H3;14*1H3;2*1H;;;;/q;;;;;;;;14*-1;;;3*+4;+2/p-2. The van der Waals surface area contributed by atoms with Gasteiger partial charge < -0.3 is 104 Å². The van der Waals surface area contributed by atoms with E-state index < -0.39 is 17.0 Å². The topological polar surface area (TPSA) is 0 Å². The van der Waals surface area contributed by atoms with E-state index in [0.717, 1.165) is 0 Å². The molecule has 0 heterocycles. The zero-order chi connectivity index (χ0) is 84.4. The zero-order valence-electron chi connectivity index (χ0n) is 92.0. The van der Waals surface area contributed by atoms with E-state index in [4.69, 9.17) is 18.6 Å². The Hall–Kier alpha value is -4.42. The Morgan fingerprint density at radius 3 is 0.621 bits per heavy atom. The summed E-state index contributed by atoms with van der Waals surface area (Å²) in [5, 5.41) is 11.3. The Balaban J connectivity index is -0.000000160. The summed E-state index contributed by atoms with van der Waals surface area (Å²) in [4.78, 5) is 0. The Bertz CT molecular complexity index is 4920. The van der Waals surface area contributed by atoms with Crippen LogP contribution in [0.4, 0.5) is 0 Å². The predicted molar refractivity (Wildman–Crippen MR) is 605 cm³/mol. The van der Waals surface area contributed by atoms with Crippen LogP contribution in [-0.4, -0.2) is 0 Å². The van der Waals surface area contributed by atoms with E-state index in [9.17, 15) is 0 Å². The third kappa shape index (κ3) is 35.4. The number of unbranched alkanes of at least 4 members (excludes halogenated alkanes) is 6. The molecule has 0 saturated heterocycles. The minimum atomic E-state index is -0.556. The Labute approximate surface area is 895 Å². The van der Waals surface area contributed by atoms with Gasteiger partial charge in [-0.2, -0.15) is 0 Å². The SMILES string of the molecule is CC1=C(C)C(C)C(C)=C1C.CC1=C(C)C(C)C(C)=C1C.CC1=C(C)C(C)C(C)=C1C.CC1=C(C)C(C)C(C)=C1C.CC1=CC(C)c2c1ccc1ccccc21.CCCCC1C=C(C)c2ccc3ccccc3c21.CCCCCC1C=C(C)c2ccc3ccccc3c21.CCCCCCC1C=C(C)c2ccc3ccccc3c21.[CH3-].[CH3-].[CH3-].[CH3-].[CH3-].[CH3-].[CH3-].[CH3-].[CH3-].[CH3-].[CH3-].[CH3-].[CH3-].[CH3-].[Cl][Ti][Cl].[Hf+4].[Hf+4].[Hf+4]. The molecule has 132 heavy (non-hydrogen) atoms. The maximum Gasteiger partial charge on any atom is 4.00 e. The summed E-state index contributed by atoms with van der Waals surface area (Å²) < 4.78 is 0. The third-order valence-electron chi connectivity index (χ3n) is 28.5. The number of allylic oxidation sites excluding steroid dienone is 24. The monoisotopic (exact) mass is 2360 g/mol. The van der Waals surface area contributed by atoms with Gasteiger partial charge in [0.2, 0.25) is 0 Å². The fraction of sp³-hybridized carbons (Fsp3) is 0.381. The van der Waals surface area contributed by atoms with Gasteiger partial charge in [0.15, 0.2) is 0 Å². The van der Waals surface area contributed by atoms with Crippen molar-refractivity contribution < 1.29 is 94.6 Å². The molecule has 0 aromatic heterocycles. The number of hydrogen-bond acceptors (Lipinski definition) is 0. The van der Waals surface area contributed by atoms with E-state index in [2.05, 4.69) is 364 Å². The summed E-state index contributed by atoms with van der Waals surface area (Å²) in [6.07, 6.45) is 25.7. The first-order valence-corrected chi connectivity index (χ1v) is 48.3. The van der Waals surface area contributed by atoms with Crippen molar-refractivity contribution >= 4 is 84.0 Å². The third-order valence-corrected chi connectivity index (χ3v) is 28.5. The van der Waals surface area contributed by atoms with Crippen LogP contribution in [0.3, 0.4) is 0 Å². The van der Waals surface area contributed by atoms with Gasteiger partial charge >= 0.3 is 113 Å². The summed E-state index contributed by atoms with van der Waals surface area (Å²) in [6, 6.07) is 53.3. The molecule has 4 atom stereocenters. The van der Waals surface area contributed by atoms with Crippen molar-refractivity contribution in [2.45, 2.75) is 295 Å². The molecule has 0 nitrogen and oxygen atoms in total. The van der Waals surface area contributed by atoms with Crippen molar-refractivity contribution in [2.75, 3.05) is 0 Å². The largest absolute Gasteiger partial charge is 4.00 e. The molecule has 6 heteroatoms. The summed E-state index contributed by atoms with van der Waals surface area (Å²) in [7, 11) is 9.78. The second-order valence-electron chi connectivity index (χ2n) is 34.9. The van der Waals surface area contributed by atoms with E-state index in [-0.39, 0.29) is 182 Å². The second-order valence-corrected chi connectivity index (χ2v) is 37.5. The van der Waals surface area contributed by atoms with Crippen LogP contribution < -0.4 is 0 Å². The molecule has 0 bridgehead atoms. The molecule has 8 aliphatic carbocycles. The second kappa shape index (κ2) is 70.2. The van der Waals surface area contributed by atoms with Gasteiger partial charge in [-0.1, -0.05) is 328 Å². The van der Waals surface area contributed by atoms with Crippen molar-refractivity contribution in [2.24, 2.45) is 23.7 Å². The summed E-state index contributed by atoms with van der Waals surface area (Å²) >= 11 is -0.556. The van der Waals surface area contributed by atoms with Crippen LogP contribution in [-0.2, 0) is 94.6 Å². The molecular formula is C126H186Cl2Hf3Ti-2. The number of rotatable bonds is 12. The van der Waals surface area contributed by atoms with E-state index in [1.807, 2.05) is 0 Å². The maximum atomic E-state index is 4.89. The van der Waals surface area contributed by atoms with Crippen LogP contribution in [0.15, 0.2) is 259 Å². The number of benzene rings is 8. The molecule has 722 valence electrons. The molecule has 4 unspecified atom stereocenters. The first-order chi connectivity index (χ1) is 54.8. The van der Waals surface area contributed by atoms with Crippen LogP contribution in [0.2, 0.25) is 0 Å². The van der Waals surface area contributed by atoms with Gasteiger partial charge in [-0.05, 0) is 336 Å². The minimum absolute atomic E-state index is 0. The van der Waals surface area contributed by atoms with Gasteiger partial charge in [-0.25, -0.2) is 0 Å². The smallest absolute Gasteiger partial charge is 4.00 e. The summed E-state index contributed by atoms with van der Waals surface area (Å²) in [5.41, 5.74) is 42.3. The summed E-state index contributed by atoms with van der Waals surface area (Å²) in [6.45, 7) is 62.9. The van der Waals surface area contributed by atoms with E-state index in [0.29, 0.717) is 47.3 Å². The molecule has 0 amide bonds. The fourth-order valence-electron chi connectivity index (χ4n) is 19.0. The van der Waals surface area contributed by atoms with Gasteiger partial charge in [0.1, 0.15) is 0 Å². The quantitative estimate of drug-likeness (QED) is 0.0650. The van der Waals surface area contributed by atoms with E-state index in [1.165, 1.54) is 215 Å². The average Bonchev–Trinajstić information content (AvgIpc) is 1.62. The molecular weight excluding hydrogens is 2170 g/mol. The van der Waals surface area contributed by atoms with Crippen LogP contribution >= 0.6 is 18.6 Å². The first kappa shape index (κ1) is 148. The van der Waals surface area contributed by atoms with Crippen LogP contribution in [0.25, 0.3) is 65.4 Å². The maximum absolute atomic E-state index is 4.89. The number of halogens is 2. The Morgan fingerprint density at radius 1 is 0.227 bits per heavy atom. The normalized spacial score (nSPS) is 16.3. The average molecular weight is 2360 g/mol. The van der Waals surface area contributed by atoms with Gasteiger partial charge in [0.25, 0.3) is 0 Å². The predicted octanol–water partition coefficient (Wildman–Crippen LogP) is 43.0. The first-order valence-electron chi connectivity index (χ1n) is 44.0. The van der Waals surface area contributed by atoms with Crippen LogP contribution in [0, 0.1) is 128 Å². The molecule has 0 radical (unpaired) electrons. The molecule has 8 aliphatic rings. The minimum Gasteiger partial charge on any atom is 4.00 e. The molecule has 0 fully saturated rings. The molecule has 0 aliphatic heterocycles. The molecule has 8 aromatic carbocycles. The fourth-order valence-corrected chi connectivity index (χ4v) is 19.0. The van der Waals surface area contributed by atoms with Gasteiger partial charge in [-0.15, -0.1) is 0 Å². The van der Waals surface area contributed by atoms with Crippen LogP contribution in [0.1, 0.15) is 339 Å². The van der Waals surface area contributed by atoms with E-state index in [1.54, 1.807) is 61.3 Å². The van der Waals surface area contributed by atoms with Gasteiger partial charge in [-0.3, -0.25) is 0 Å². The molecule has 0 N–H and O–H groups in total. The van der Waals surface area contributed by atoms with Gasteiger partial charge in [0, 0.05) is 23.7 Å². The molecule has 8 aromatic rings.